The zero-order valence-corrected chi connectivity index (χ0v) is 16.3. The number of halogens is 5. The predicted molar refractivity (Wildman–Crippen MR) is 104 cm³/mol. The molecule has 0 aromatic heterocycles. The maximum atomic E-state index is 13.2. The van der Waals surface area contributed by atoms with Crippen molar-refractivity contribution in [2.45, 2.75) is 19.1 Å². The van der Waals surface area contributed by atoms with E-state index in [4.69, 9.17) is 23.2 Å². The van der Waals surface area contributed by atoms with Crippen LogP contribution in [0, 0.1) is 0 Å². The Hall–Kier alpha value is -2.71. The summed E-state index contributed by atoms with van der Waals surface area (Å²) < 4.78 is 39.7. The lowest BCUT2D eigenvalue weighted by atomic mass is 9.94. The lowest BCUT2D eigenvalue weighted by Gasteiger charge is -2.30. The third kappa shape index (κ3) is 4.33. The van der Waals surface area contributed by atoms with E-state index in [1.807, 2.05) is 0 Å². The molecule has 5 nitrogen and oxygen atoms in total. The molecular weight excluding hydrogens is 430 g/mol. The highest BCUT2D eigenvalue weighted by molar-refractivity contribution is 6.36. The molecule has 0 fully saturated rings. The Kier molecular flexibility index (Phi) is 5.77. The van der Waals surface area contributed by atoms with Gasteiger partial charge in [-0.3, -0.25) is 4.79 Å². The van der Waals surface area contributed by atoms with Crippen molar-refractivity contribution in [3.8, 4) is 0 Å². The van der Waals surface area contributed by atoms with E-state index in [9.17, 15) is 22.8 Å². The molecule has 0 aliphatic carbocycles. The van der Waals surface area contributed by atoms with Crippen LogP contribution in [0.4, 0.5) is 23.7 Å². The van der Waals surface area contributed by atoms with Gasteiger partial charge >= 0.3 is 12.2 Å². The number of para-hydroxylation sites is 1. The van der Waals surface area contributed by atoms with Crippen LogP contribution in [0.5, 0.6) is 0 Å². The number of nitrogens with one attached hydrogen (secondary N) is 3. The van der Waals surface area contributed by atoms with Gasteiger partial charge in [-0.1, -0.05) is 41.4 Å². The number of carbonyl (C=O) groups is 2. The quantitative estimate of drug-likeness (QED) is 0.603. The van der Waals surface area contributed by atoms with Crippen molar-refractivity contribution in [2.24, 2.45) is 0 Å². The summed E-state index contributed by atoms with van der Waals surface area (Å²) >= 11 is 12.4. The molecule has 3 N–H and O–H groups in total. The van der Waals surface area contributed by atoms with Gasteiger partial charge in [-0.05, 0) is 31.2 Å². The summed E-state index contributed by atoms with van der Waals surface area (Å²) in [6, 6.07) is 7.59. The fourth-order valence-corrected chi connectivity index (χ4v) is 3.64. The third-order valence-corrected chi connectivity index (χ3v) is 4.94. The summed E-state index contributed by atoms with van der Waals surface area (Å²) in [7, 11) is 0. The van der Waals surface area contributed by atoms with E-state index in [-0.39, 0.29) is 26.9 Å². The molecule has 1 aliphatic rings. The molecule has 152 valence electrons. The Bertz CT molecular complexity index is 1000. The molecule has 1 heterocycles. The fourth-order valence-electron chi connectivity index (χ4n) is 3.03. The predicted octanol–water partition coefficient (Wildman–Crippen LogP) is 5.28. The third-order valence-electron chi connectivity index (χ3n) is 4.28. The van der Waals surface area contributed by atoms with Crippen LogP contribution in [0.1, 0.15) is 24.1 Å². The highest BCUT2D eigenvalue weighted by atomic mass is 35.5. The van der Waals surface area contributed by atoms with E-state index in [1.165, 1.54) is 31.2 Å². The number of anilines is 1. The molecule has 0 saturated carbocycles. The second kappa shape index (κ2) is 7.96. The molecule has 3 rings (SSSR count). The van der Waals surface area contributed by atoms with Crippen molar-refractivity contribution < 1.29 is 22.8 Å². The van der Waals surface area contributed by atoms with Crippen LogP contribution in [0.25, 0.3) is 0 Å². The molecule has 1 atom stereocenters. The molecule has 10 heteroatoms. The average molecular weight is 444 g/mol. The summed E-state index contributed by atoms with van der Waals surface area (Å²) in [5, 5.41) is 7.65. The highest BCUT2D eigenvalue weighted by Crippen LogP contribution is 2.38. The van der Waals surface area contributed by atoms with Crippen molar-refractivity contribution in [1.29, 1.82) is 0 Å². The minimum atomic E-state index is -4.65. The largest absolute Gasteiger partial charge is 0.418 e. The average Bonchev–Trinajstić information content (AvgIpc) is 2.60. The minimum Gasteiger partial charge on any atom is -0.327 e. The Labute approximate surface area is 173 Å². The van der Waals surface area contributed by atoms with E-state index >= 15 is 0 Å². The Balaban J connectivity index is 2.04. The van der Waals surface area contributed by atoms with Crippen LogP contribution >= 0.6 is 23.2 Å². The maximum Gasteiger partial charge on any atom is 0.418 e. The number of allylic oxidation sites excluding steroid dienone is 1. The first-order valence-electron chi connectivity index (χ1n) is 8.29. The van der Waals surface area contributed by atoms with Gasteiger partial charge in [0.1, 0.15) is 0 Å². The first kappa shape index (κ1) is 21.0. The number of hydrogen-bond acceptors (Lipinski definition) is 2. The highest BCUT2D eigenvalue weighted by Gasteiger charge is 2.36. The SMILES string of the molecule is CC1=C(C(=O)Nc2ccccc2C(F)(F)F)C(c2c(Cl)cccc2Cl)NC(=O)N1. The van der Waals surface area contributed by atoms with Gasteiger partial charge in [0.25, 0.3) is 5.91 Å². The number of benzene rings is 2. The molecule has 1 unspecified atom stereocenters. The van der Waals surface area contributed by atoms with Gasteiger partial charge < -0.3 is 16.0 Å². The first-order chi connectivity index (χ1) is 13.6. The molecule has 0 bridgehead atoms. The second-order valence-electron chi connectivity index (χ2n) is 6.20. The number of hydrogen-bond donors (Lipinski definition) is 3. The van der Waals surface area contributed by atoms with Gasteiger partial charge in [0, 0.05) is 21.3 Å². The van der Waals surface area contributed by atoms with E-state index in [2.05, 4.69) is 16.0 Å². The number of alkyl halides is 3. The summed E-state index contributed by atoms with van der Waals surface area (Å²) in [4.78, 5) is 24.9. The number of amides is 3. The second-order valence-corrected chi connectivity index (χ2v) is 7.02. The van der Waals surface area contributed by atoms with Crippen LogP contribution in [-0.2, 0) is 11.0 Å². The van der Waals surface area contributed by atoms with Crippen molar-refractivity contribution in [1.82, 2.24) is 10.6 Å². The van der Waals surface area contributed by atoms with Crippen LogP contribution in [0.15, 0.2) is 53.7 Å². The van der Waals surface area contributed by atoms with Crippen molar-refractivity contribution in [3.05, 3.63) is 74.9 Å². The molecule has 0 spiro atoms. The molecule has 0 saturated heterocycles. The van der Waals surface area contributed by atoms with Crippen molar-refractivity contribution >= 4 is 40.8 Å². The monoisotopic (exact) mass is 443 g/mol. The van der Waals surface area contributed by atoms with Gasteiger partial charge in [0.2, 0.25) is 0 Å². The summed E-state index contributed by atoms with van der Waals surface area (Å²) in [5.74, 6) is -0.840. The maximum absolute atomic E-state index is 13.2. The number of urea groups is 1. The zero-order chi connectivity index (χ0) is 21.3. The van der Waals surface area contributed by atoms with E-state index < -0.39 is 35.4 Å². The van der Waals surface area contributed by atoms with E-state index in [0.717, 1.165) is 12.1 Å². The Morgan fingerprint density at radius 1 is 1.07 bits per heavy atom. The topological polar surface area (TPSA) is 70.2 Å². The number of rotatable bonds is 3. The molecule has 2 aromatic rings. The summed E-state index contributed by atoms with van der Waals surface area (Å²) in [5.41, 5.74) is -0.995. The van der Waals surface area contributed by atoms with Crippen molar-refractivity contribution in [2.75, 3.05) is 5.32 Å². The first-order valence-corrected chi connectivity index (χ1v) is 9.05. The Morgan fingerprint density at radius 2 is 1.69 bits per heavy atom. The summed E-state index contributed by atoms with van der Waals surface area (Å²) in [6.45, 7) is 1.46. The van der Waals surface area contributed by atoms with Gasteiger partial charge in [-0.15, -0.1) is 0 Å². The molecule has 2 aromatic carbocycles. The van der Waals surface area contributed by atoms with Crippen LogP contribution < -0.4 is 16.0 Å². The smallest absolute Gasteiger partial charge is 0.327 e. The van der Waals surface area contributed by atoms with Crippen LogP contribution in [-0.4, -0.2) is 11.9 Å². The zero-order valence-electron chi connectivity index (χ0n) is 14.8. The number of carbonyl (C=O) groups excluding carboxylic acids is 2. The molecule has 1 aliphatic heterocycles. The lowest BCUT2D eigenvalue weighted by Crippen LogP contribution is -2.46. The lowest BCUT2D eigenvalue weighted by molar-refractivity contribution is -0.137. The van der Waals surface area contributed by atoms with Crippen molar-refractivity contribution in [3.63, 3.8) is 0 Å². The standard InChI is InChI=1S/C19H14Cl2F3N3O2/c1-9-14(17(28)26-13-8-3-2-5-10(13)19(22,23)24)16(27-18(29)25-9)15-11(20)6-4-7-12(15)21/h2-8,16H,1H3,(H,26,28)(H2,25,27,29). The normalized spacial score (nSPS) is 16.9. The fraction of sp³-hybridized carbons (Fsp3) is 0.158. The minimum absolute atomic E-state index is 0.0171. The van der Waals surface area contributed by atoms with Crippen LogP contribution in [0.3, 0.4) is 0 Å². The van der Waals surface area contributed by atoms with Gasteiger partial charge in [-0.25, -0.2) is 4.79 Å². The van der Waals surface area contributed by atoms with Gasteiger partial charge in [0.05, 0.1) is 22.9 Å². The molecule has 0 radical (unpaired) electrons. The Morgan fingerprint density at radius 3 is 2.31 bits per heavy atom. The molecule has 3 amide bonds. The van der Waals surface area contributed by atoms with Crippen LogP contribution in [0.2, 0.25) is 10.0 Å². The van der Waals surface area contributed by atoms with Gasteiger partial charge in [0.15, 0.2) is 0 Å². The molecule has 29 heavy (non-hydrogen) atoms. The molecular formula is C19H14Cl2F3N3O2. The van der Waals surface area contributed by atoms with E-state index in [1.54, 1.807) is 6.07 Å². The van der Waals surface area contributed by atoms with Gasteiger partial charge in [-0.2, -0.15) is 13.2 Å². The summed E-state index contributed by atoms with van der Waals surface area (Å²) in [6.07, 6.45) is -4.65. The van der Waals surface area contributed by atoms with E-state index in [0.29, 0.717) is 0 Å².